The molecule has 126 valence electrons. The Kier molecular flexibility index (Phi) is 5.36. The summed E-state index contributed by atoms with van der Waals surface area (Å²) < 4.78 is 0. The Labute approximate surface area is 144 Å². The topological polar surface area (TPSA) is 35.6 Å². The molecule has 0 aromatic heterocycles. The molecular formula is C20H25N3O. The molecule has 1 aliphatic rings. The lowest BCUT2D eigenvalue weighted by Gasteiger charge is -2.36. The van der Waals surface area contributed by atoms with Crippen molar-refractivity contribution in [1.29, 1.82) is 0 Å². The maximum Gasteiger partial charge on any atom is 0.317 e. The van der Waals surface area contributed by atoms with E-state index in [0.717, 1.165) is 32.6 Å². The van der Waals surface area contributed by atoms with E-state index < -0.39 is 0 Å². The first kappa shape index (κ1) is 16.4. The van der Waals surface area contributed by atoms with Gasteiger partial charge in [0.1, 0.15) is 0 Å². The molecule has 2 aromatic carbocycles. The molecule has 1 aliphatic heterocycles. The highest BCUT2D eigenvalue weighted by Gasteiger charge is 2.20. The number of nitrogens with one attached hydrogen (secondary N) is 1. The summed E-state index contributed by atoms with van der Waals surface area (Å²) in [5.41, 5.74) is 3.77. The lowest BCUT2D eigenvalue weighted by molar-refractivity contribution is 0.194. The minimum atomic E-state index is 0.0508. The van der Waals surface area contributed by atoms with Crippen molar-refractivity contribution >= 4 is 11.7 Å². The Morgan fingerprint density at radius 2 is 1.75 bits per heavy atom. The second-order valence-electron chi connectivity index (χ2n) is 6.28. The zero-order valence-corrected chi connectivity index (χ0v) is 14.2. The van der Waals surface area contributed by atoms with Gasteiger partial charge in [-0.05, 0) is 36.6 Å². The maximum absolute atomic E-state index is 12.3. The molecule has 1 saturated heterocycles. The molecular weight excluding hydrogens is 298 g/mol. The Hall–Kier alpha value is -2.49. The third-order valence-corrected chi connectivity index (χ3v) is 4.47. The van der Waals surface area contributed by atoms with Crippen LogP contribution in [-0.4, -0.2) is 43.7 Å². The molecule has 3 rings (SSSR count). The van der Waals surface area contributed by atoms with Gasteiger partial charge in [-0.15, -0.1) is 0 Å². The number of anilines is 1. The van der Waals surface area contributed by atoms with Gasteiger partial charge in [0, 0.05) is 38.4 Å². The fourth-order valence-electron chi connectivity index (χ4n) is 3.06. The highest BCUT2D eigenvalue weighted by Crippen LogP contribution is 2.17. The van der Waals surface area contributed by atoms with Gasteiger partial charge in [-0.2, -0.15) is 0 Å². The fraction of sp³-hybridized carbons (Fsp3) is 0.350. The number of piperazine rings is 1. The average Bonchev–Trinajstić information content (AvgIpc) is 2.63. The predicted molar refractivity (Wildman–Crippen MR) is 98.5 cm³/mol. The van der Waals surface area contributed by atoms with E-state index in [1.54, 1.807) is 0 Å². The first-order valence-electron chi connectivity index (χ1n) is 8.61. The van der Waals surface area contributed by atoms with Gasteiger partial charge in [-0.25, -0.2) is 4.79 Å². The number of aryl methyl sites for hydroxylation is 1. The van der Waals surface area contributed by atoms with Crippen molar-refractivity contribution in [2.75, 3.05) is 37.6 Å². The highest BCUT2D eigenvalue weighted by atomic mass is 16.2. The predicted octanol–water partition coefficient (Wildman–Crippen LogP) is 3.07. The molecule has 4 heteroatoms. The monoisotopic (exact) mass is 323 g/mol. The standard InChI is InChI=1S/C20H25N3O/c1-17-6-5-9-19(16-17)22-12-14-23(15-13-22)20(24)21-11-10-18-7-3-2-4-8-18/h2-9,16H,10-15H2,1H3,(H,21,24). The van der Waals surface area contributed by atoms with E-state index in [9.17, 15) is 4.79 Å². The molecule has 2 aromatic rings. The number of amides is 2. The Balaban J connectivity index is 1.43. The normalized spacial score (nSPS) is 14.5. The summed E-state index contributed by atoms with van der Waals surface area (Å²) in [5.74, 6) is 0. The summed E-state index contributed by atoms with van der Waals surface area (Å²) in [6.45, 7) is 6.10. The van der Waals surface area contributed by atoms with Crippen molar-refractivity contribution < 1.29 is 4.79 Å². The van der Waals surface area contributed by atoms with E-state index in [4.69, 9.17) is 0 Å². The van der Waals surface area contributed by atoms with Gasteiger partial charge in [0.15, 0.2) is 0 Å². The number of hydrogen-bond acceptors (Lipinski definition) is 2. The van der Waals surface area contributed by atoms with Gasteiger partial charge in [-0.3, -0.25) is 0 Å². The van der Waals surface area contributed by atoms with Crippen LogP contribution < -0.4 is 10.2 Å². The van der Waals surface area contributed by atoms with Gasteiger partial charge in [0.25, 0.3) is 0 Å². The summed E-state index contributed by atoms with van der Waals surface area (Å²) in [6, 6.07) is 18.8. The second kappa shape index (κ2) is 7.86. The van der Waals surface area contributed by atoms with Gasteiger partial charge in [0.2, 0.25) is 0 Å². The Morgan fingerprint density at radius 1 is 1.00 bits per heavy atom. The van der Waals surface area contributed by atoms with Crippen molar-refractivity contribution in [3.05, 3.63) is 65.7 Å². The van der Waals surface area contributed by atoms with E-state index >= 15 is 0 Å². The van der Waals surface area contributed by atoms with Crippen LogP contribution in [-0.2, 0) is 6.42 Å². The molecule has 4 nitrogen and oxygen atoms in total. The number of hydrogen-bond donors (Lipinski definition) is 1. The van der Waals surface area contributed by atoms with Gasteiger partial charge in [0.05, 0.1) is 0 Å². The zero-order chi connectivity index (χ0) is 16.8. The smallest absolute Gasteiger partial charge is 0.317 e. The lowest BCUT2D eigenvalue weighted by Crippen LogP contribution is -2.52. The molecule has 0 saturated carbocycles. The van der Waals surface area contributed by atoms with Crippen molar-refractivity contribution in [2.24, 2.45) is 0 Å². The zero-order valence-electron chi connectivity index (χ0n) is 14.2. The Morgan fingerprint density at radius 3 is 2.46 bits per heavy atom. The first-order chi connectivity index (χ1) is 11.7. The Bertz CT molecular complexity index is 664. The molecule has 1 heterocycles. The van der Waals surface area contributed by atoms with E-state index in [-0.39, 0.29) is 6.03 Å². The van der Waals surface area contributed by atoms with Crippen molar-refractivity contribution in [2.45, 2.75) is 13.3 Å². The van der Waals surface area contributed by atoms with Crippen LogP contribution >= 0.6 is 0 Å². The molecule has 1 fully saturated rings. The van der Waals surface area contributed by atoms with Crippen LogP contribution in [0.5, 0.6) is 0 Å². The summed E-state index contributed by atoms with van der Waals surface area (Å²) in [5, 5.41) is 3.03. The average molecular weight is 323 g/mol. The minimum Gasteiger partial charge on any atom is -0.368 e. The van der Waals surface area contributed by atoms with E-state index in [1.807, 2.05) is 23.1 Å². The number of carbonyl (C=O) groups excluding carboxylic acids is 1. The number of nitrogens with zero attached hydrogens (tertiary/aromatic N) is 2. The second-order valence-corrected chi connectivity index (χ2v) is 6.28. The largest absolute Gasteiger partial charge is 0.368 e. The van der Waals surface area contributed by atoms with Crippen LogP contribution in [0.3, 0.4) is 0 Å². The van der Waals surface area contributed by atoms with Crippen LogP contribution in [0.2, 0.25) is 0 Å². The van der Waals surface area contributed by atoms with Crippen LogP contribution in [0.1, 0.15) is 11.1 Å². The third kappa shape index (κ3) is 4.28. The van der Waals surface area contributed by atoms with Gasteiger partial charge < -0.3 is 15.1 Å². The molecule has 0 aliphatic carbocycles. The van der Waals surface area contributed by atoms with E-state index in [2.05, 4.69) is 53.5 Å². The van der Waals surface area contributed by atoms with Crippen LogP contribution in [0.15, 0.2) is 54.6 Å². The van der Waals surface area contributed by atoms with E-state index in [0.29, 0.717) is 6.54 Å². The number of rotatable bonds is 4. The minimum absolute atomic E-state index is 0.0508. The molecule has 2 amide bonds. The molecule has 0 unspecified atom stereocenters. The first-order valence-corrected chi connectivity index (χ1v) is 8.61. The molecule has 0 radical (unpaired) electrons. The van der Waals surface area contributed by atoms with Gasteiger partial charge >= 0.3 is 6.03 Å². The molecule has 24 heavy (non-hydrogen) atoms. The number of carbonyl (C=O) groups is 1. The van der Waals surface area contributed by atoms with Crippen LogP contribution in [0, 0.1) is 6.92 Å². The van der Waals surface area contributed by atoms with Gasteiger partial charge in [-0.1, -0.05) is 42.5 Å². The molecule has 0 spiro atoms. The van der Waals surface area contributed by atoms with E-state index in [1.165, 1.54) is 16.8 Å². The van der Waals surface area contributed by atoms with Crippen LogP contribution in [0.25, 0.3) is 0 Å². The number of benzene rings is 2. The van der Waals surface area contributed by atoms with Crippen LogP contribution in [0.4, 0.5) is 10.5 Å². The summed E-state index contributed by atoms with van der Waals surface area (Å²) in [6.07, 6.45) is 0.871. The lowest BCUT2D eigenvalue weighted by atomic mass is 10.1. The third-order valence-electron chi connectivity index (χ3n) is 4.47. The fourth-order valence-corrected chi connectivity index (χ4v) is 3.06. The molecule has 0 atom stereocenters. The van der Waals surface area contributed by atoms with Crippen molar-refractivity contribution in [1.82, 2.24) is 10.2 Å². The molecule has 0 bridgehead atoms. The summed E-state index contributed by atoms with van der Waals surface area (Å²) in [4.78, 5) is 16.5. The van der Waals surface area contributed by atoms with Crippen molar-refractivity contribution in [3.63, 3.8) is 0 Å². The maximum atomic E-state index is 12.3. The summed E-state index contributed by atoms with van der Waals surface area (Å²) >= 11 is 0. The molecule has 1 N–H and O–H groups in total. The SMILES string of the molecule is Cc1cccc(N2CCN(C(=O)NCCc3ccccc3)CC2)c1. The number of urea groups is 1. The summed E-state index contributed by atoms with van der Waals surface area (Å²) in [7, 11) is 0. The quantitative estimate of drug-likeness (QED) is 0.938. The highest BCUT2D eigenvalue weighted by molar-refractivity contribution is 5.74. The van der Waals surface area contributed by atoms with Crippen molar-refractivity contribution in [3.8, 4) is 0 Å².